The number of ether oxygens (including phenoxy) is 1. The topological polar surface area (TPSA) is 51.5 Å². The molecule has 27 heavy (non-hydrogen) atoms. The van der Waals surface area contributed by atoms with Crippen LogP contribution in [-0.4, -0.2) is 43.5 Å². The number of likely N-dealkylation sites (N-methyl/N-ethyl adjacent to an activating group) is 1. The van der Waals surface area contributed by atoms with Gasteiger partial charge in [0.25, 0.3) is 10.0 Å². The Hall–Kier alpha value is -1.54. The van der Waals surface area contributed by atoms with Crippen molar-refractivity contribution in [2.45, 2.75) is 25.7 Å². The van der Waals surface area contributed by atoms with E-state index in [0.29, 0.717) is 23.6 Å². The molecule has 0 saturated carbocycles. The molecule has 0 saturated heterocycles. The largest absolute Gasteiger partial charge is 0.490 e. The molecule has 0 fully saturated rings. The van der Waals surface area contributed by atoms with Crippen molar-refractivity contribution in [1.29, 1.82) is 0 Å². The number of halogens is 1. The Labute approximate surface area is 169 Å². The fourth-order valence-electron chi connectivity index (χ4n) is 3.17. The molecule has 3 aromatic rings. The number of hydrogen-bond acceptors (Lipinski definition) is 5. The van der Waals surface area contributed by atoms with Gasteiger partial charge in [0.2, 0.25) is 0 Å². The summed E-state index contributed by atoms with van der Waals surface area (Å²) in [6.07, 6.45) is 0. The molecule has 0 aliphatic carbocycles. The first kappa shape index (κ1) is 20.2. The Balaban J connectivity index is 2.05. The van der Waals surface area contributed by atoms with E-state index in [4.69, 9.17) is 16.3 Å². The maximum absolute atomic E-state index is 13.3. The number of nitrogens with zero attached hydrogens (tertiary/aromatic N) is 2. The van der Waals surface area contributed by atoms with Crippen LogP contribution in [0.15, 0.2) is 39.9 Å². The van der Waals surface area contributed by atoms with Crippen molar-refractivity contribution < 1.29 is 13.2 Å². The number of benzene rings is 1. The monoisotopic (exact) mass is 426 g/mol. The van der Waals surface area contributed by atoms with E-state index in [0.717, 1.165) is 25.0 Å². The first-order valence-electron chi connectivity index (χ1n) is 8.84. The third kappa shape index (κ3) is 3.74. The van der Waals surface area contributed by atoms with Gasteiger partial charge in [0.1, 0.15) is 17.3 Å². The molecule has 5 nitrogen and oxygen atoms in total. The normalized spacial score (nSPS) is 12.2. The van der Waals surface area contributed by atoms with Gasteiger partial charge in [-0.05, 0) is 32.1 Å². The lowest BCUT2D eigenvalue weighted by atomic mass is 10.2. The van der Waals surface area contributed by atoms with E-state index in [1.54, 1.807) is 23.8 Å². The van der Waals surface area contributed by atoms with Crippen LogP contribution in [0.4, 0.5) is 0 Å². The van der Waals surface area contributed by atoms with Gasteiger partial charge >= 0.3 is 0 Å². The predicted molar refractivity (Wildman–Crippen MR) is 112 cm³/mol. The van der Waals surface area contributed by atoms with Crippen LogP contribution < -0.4 is 4.74 Å². The summed E-state index contributed by atoms with van der Waals surface area (Å²) in [6, 6.07) is 7.38. The SMILES string of the molecule is CCN(CC)CCOc1c(C)n(S(=O)(=O)c2cscc2Cl)c2ccccc12. The van der Waals surface area contributed by atoms with Gasteiger partial charge in [-0.25, -0.2) is 12.4 Å². The Kier molecular flexibility index (Phi) is 6.15. The molecule has 146 valence electrons. The molecule has 2 heterocycles. The Morgan fingerprint density at radius 3 is 2.52 bits per heavy atom. The van der Waals surface area contributed by atoms with Crippen molar-refractivity contribution in [3.8, 4) is 5.75 Å². The first-order valence-corrected chi connectivity index (χ1v) is 11.6. The molecule has 0 unspecified atom stereocenters. The number of thiophene rings is 1. The highest BCUT2D eigenvalue weighted by atomic mass is 35.5. The van der Waals surface area contributed by atoms with E-state index >= 15 is 0 Å². The van der Waals surface area contributed by atoms with Gasteiger partial charge in [0, 0.05) is 22.7 Å². The van der Waals surface area contributed by atoms with Crippen LogP contribution in [-0.2, 0) is 10.0 Å². The molecule has 3 rings (SSSR count). The zero-order chi connectivity index (χ0) is 19.6. The summed E-state index contributed by atoms with van der Waals surface area (Å²) in [5, 5.41) is 4.20. The number of rotatable bonds is 8. The molecule has 0 aliphatic heterocycles. The number of hydrogen-bond donors (Lipinski definition) is 0. The molecule has 8 heteroatoms. The third-order valence-corrected chi connectivity index (χ3v) is 7.94. The minimum Gasteiger partial charge on any atom is -0.490 e. The quantitative estimate of drug-likeness (QED) is 0.527. The Bertz CT molecular complexity index is 1040. The minimum absolute atomic E-state index is 0.118. The standard InChI is InChI=1S/C19H23ClN2O3S2/c1-4-21(5-2)10-11-25-19-14(3)22(17-9-7-6-8-15(17)19)27(23,24)18-13-26-12-16(18)20/h6-9,12-13H,4-5,10-11H2,1-3H3. The second kappa shape index (κ2) is 8.22. The smallest absolute Gasteiger partial charge is 0.270 e. The lowest BCUT2D eigenvalue weighted by Gasteiger charge is -2.18. The van der Waals surface area contributed by atoms with Crippen LogP contribution in [0.1, 0.15) is 19.5 Å². The molecule has 0 aliphatic rings. The zero-order valence-corrected chi connectivity index (χ0v) is 18.0. The fraction of sp³-hybridized carbons (Fsp3) is 0.368. The van der Waals surface area contributed by atoms with E-state index in [-0.39, 0.29) is 9.92 Å². The summed E-state index contributed by atoms with van der Waals surface area (Å²) in [5.41, 5.74) is 1.15. The molecular formula is C19H23ClN2O3S2. The van der Waals surface area contributed by atoms with Gasteiger partial charge < -0.3 is 9.64 Å². The summed E-state index contributed by atoms with van der Waals surface area (Å²) < 4.78 is 33.9. The van der Waals surface area contributed by atoms with Crippen molar-refractivity contribution >= 4 is 43.9 Å². The Morgan fingerprint density at radius 2 is 1.89 bits per heavy atom. The predicted octanol–water partition coefficient (Wildman–Crippen LogP) is 4.62. The highest BCUT2D eigenvalue weighted by Crippen LogP contribution is 2.37. The second-order valence-corrected chi connectivity index (χ2v) is 9.07. The van der Waals surface area contributed by atoms with E-state index in [1.807, 2.05) is 18.2 Å². The second-order valence-electron chi connectivity index (χ2n) is 6.16. The number of para-hydroxylation sites is 1. The highest BCUT2D eigenvalue weighted by molar-refractivity contribution is 7.90. The first-order chi connectivity index (χ1) is 12.9. The van der Waals surface area contributed by atoms with E-state index < -0.39 is 10.0 Å². The molecule has 2 aromatic heterocycles. The van der Waals surface area contributed by atoms with Crippen molar-refractivity contribution in [1.82, 2.24) is 8.87 Å². The highest BCUT2D eigenvalue weighted by Gasteiger charge is 2.28. The van der Waals surface area contributed by atoms with Crippen molar-refractivity contribution in [2.24, 2.45) is 0 Å². The summed E-state index contributed by atoms with van der Waals surface area (Å²) in [4.78, 5) is 2.38. The molecule has 0 atom stereocenters. The van der Waals surface area contributed by atoms with E-state index in [9.17, 15) is 8.42 Å². The molecule has 0 amide bonds. The average molecular weight is 427 g/mol. The average Bonchev–Trinajstić information content (AvgIpc) is 3.20. The lowest BCUT2D eigenvalue weighted by molar-refractivity contribution is 0.223. The molecular weight excluding hydrogens is 404 g/mol. The van der Waals surface area contributed by atoms with Gasteiger partial charge in [-0.2, -0.15) is 0 Å². The van der Waals surface area contributed by atoms with Crippen molar-refractivity contribution in [3.63, 3.8) is 0 Å². The maximum Gasteiger partial charge on any atom is 0.270 e. The van der Waals surface area contributed by atoms with E-state index in [2.05, 4.69) is 18.7 Å². The molecule has 0 N–H and O–H groups in total. The van der Waals surface area contributed by atoms with Gasteiger partial charge in [-0.3, -0.25) is 0 Å². The molecule has 1 aromatic carbocycles. The van der Waals surface area contributed by atoms with Crippen molar-refractivity contribution in [2.75, 3.05) is 26.2 Å². The van der Waals surface area contributed by atoms with Crippen molar-refractivity contribution in [3.05, 3.63) is 45.7 Å². The minimum atomic E-state index is -3.81. The van der Waals surface area contributed by atoms with Gasteiger partial charge in [0.05, 0.1) is 16.2 Å². The summed E-state index contributed by atoms with van der Waals surface area (Å²) in [6.45, 7) is 9.17. The summed E-state index contributed by atoms with van der Waals surface area (Å²) >= 11 is 7.38. The molecule has 0 radical (unpaired) electrons. The Morgan fingerprint density at radius 1 is 1.19 bits per heavy atom. The maximum atomic E-state index is 13.3. The van der Waals surface area contributed by atoms with Gasteiger partial charge in [-0.15, -0.1) is 11.3 Å². The van der Waals surface area contributed by atoms with Crippen LogP contribution in [0.25, 0.3) is 10.9 Å². The summed E-state index contributed by atoms with van der Waals surface area (Å²) in [5.74, 6) is 0.604. The number of fused-ring (bicyclic) bond motifs is 1. The van der Waals surface area contributed by atoms with Crippen LogP contribution >= 0.6 is 22.9 Å². The van der Waals surface area contributed by atoms with Gasteiger partial charge in [0.15, 0.2) is 0 Å². The zero-order valence-electron chi connectivity index (χ0n) is 15.6. The van der Waals surface area contributed by atoms with E-state index in [1.165, 1.54) is 15.3 Å². The molecule has 0 spiro atoms. The number of aromatic nitrogens is 1. The van der Waals surface area contributed by atoms with Crippen LogP contribution in [0.5, 0.6) is 5.75 Å². The van der Waals surface area contributed by atoms with Crippen LogP contribution in [0.3, 0.4) is 0 Å². The fourth-order valence-corrected chi connectivity index (χ4v) is 6.39. The summed E-state index contributed by atoms with van der Waals surface area (Å²) in [7, 11) is -3.81. The lowest BCUT2D eigenvalue weighted by Crippen LogP contribution is -2.28. The molecule has 0 bridgehead atoms. The van der Waals surface area contributed by atoms with Crippen LogP contribution in [0, 0.1) is 6.92 Å². The van der Waals surface area contributed by atoms with Gasteiger partial charge in [-0.1, -0.05) is 37.6 Å². The van der Waals surface area contributed by atoms with Crippen LogP contribution in [0.2, 0.25) is 5.02 Å². The third-order valence-electron chi connectivity index (χ3n) is 4.65.